The molecule has 0 saturated carbocycles. The van der Waals surface area contributed by atoms with Gasteiger partial charge >= 0.3 is 0 Å². The molecule has 5 heteroatoms. The first-order chi connectivity index (χ1) is 11.1. The fourth-order valence-electron chi connectivity index (χ4n) is 2.28. The van der Waals surface area contributed by atoms with Crippen molar-refractivity contribution in [3.05, 3.63) is 64.1 Å². The zero-order chi connectivity index (χ0) is 16.7. The molecule has 0 bridgehead atoms. The third-order valence-corrected chi connectivity index (χ3v) is 4.02. The van der Waals surface area contributed by atoms with Crippen molar-refractivity contribution in [2.75, 3.05) is 19.7 Å². The summed E-state index contributed by atoms with van der Waals surface area (Å²) in [5.41, 5.74) is 1.23. The Morgan fingerprint density at radius 2 is 1.87 bits per heavy atom. The summed E-state index contributed by atoms with van der Waals surface area (Å²) in [6.07, 6.45) is -0.592. The van der Waals surface area contributed by atoms with Crippen LogP contribution in [0.3, 0.4) is 0 Å². The molecule has 0 radical (unpaired) electrons. The molecule has 124 valence electrons. The summed E-state index contributed by atoms with van der Waals surface area (Å²) in [6, 6.07) is 15.2. The third kappa shape index (κ3) is 6.04. The van der Waals surface area contributed by atoms with Crippen LogP contribution in [0, 0.1) is 0 Å². The van der Waals surface area contributed by atoms with E-state index in [0.717, 1.165) is 13.1 Å². The van der Waals surface area contributed by atoms with Gasteiger partial charge in [-0.1, -0.05) is 60.5 Å². The highest BCUT2D eigenvalue weighted by Crippen LogP contribution is 2.27. The Morgan fingerprint density at radius 3 is 2.52 bits per heavy atom. The second kappa shape index (κ2) is 9.14. The average Bonchev–Trinajstić information content (AvgIpc) is 2.54. The molecule has 0 aliphatic heterocycles. The standard InChI is InChI=1S/C18H21Cl2NO2/c1-2-21(11-14-6-4-3-5-7-14)12-16(22)13-23-18-9-8-15(19)10-17(18)20/h3-10,16,22H,2,11-13H2,1H3/t16-/m0/s1. The second-order valence-electron chi connectivity index (χ2n) is 5.35. The highest BCUT2D eigenvalue weighted by atomic mass is 35.5. The highest BCUT2D eigenvalue weighted by Gasteiger charge is 2.12. The predicted molar refractivity (Wildman–Crippen MR) is 95.4 cm³/mol. The molecule has 0 unspecified atom stereocenters. The molecule has 1 N–H and O–H groups in total. The number of benzene rings is 2. The van der Waals surface area contributed by atoms with Crippen molar-refractivity contribution >= 4 is 23.2 Å². The van der Waals surface area contributed by atoms with Crippen LogP contribution in [0.1, 0.15) is 12.5 Å². The van der Waals surface area contributed by atoms with E-state index in [1.165, 1.54) is 5.56 Å². The van der Waals surface area contributed by atoms with E-state index in [1.807, 2.05) is 18.2 Å². The fourth-order valence-corrected chi connectivity index (χ4v) is 2.74. The van der Waals surface area contributed by atoms with Crippen LogP contribution in [-0.2, 0) is 6.54 Å². The van der Waals surface area contributed by atoms with Crippen LogP contribution in [0.15, 0.2) is 48.5 Å². The Hall–Kier alpha value is -1.26. The summed E-state index contributed by atoms with van der Waals surface area (Å²) in [6.45, 7) is 4.46. The van der Waals surface area contributed by atoms with Crippen molar-refractivity contribution in [2.45, 2.75) is 19.6 Å². The molecule has 0 heterocycles. The molecule has 2 aromatic rings. The minimum Gasteiger partial charge on any atom is -0.489 e. The number of hydrogen-bond acceptors (Lipinski definition) is 3. The maximum atomic E-state index is 10.2. The van der Waals surface area contributed by atoms with Crippen molar-refractivity contribution in [1.29, 1.82) is 0 Å². The van der Waals surface area contributed by atoms with Gasteiger partial charge in [0.1, 0.15) is 18.5 Å². The second-order valence-corrected chi connectivity index (χ2v) is 6.20. The Kier molecular flexibility index (Phi) is 7.18. The number of aliphatic hydroxyl groups excluding tert-OH is 1. The van der Waals surface area contributed by atoms with Gasteiger partial charge in [-0.2, -0.15) is 0 Å². The largest absolute Gasteiger partial charge is 0.489 e. The first-order valence-corrected chi connectivity index (χ1v) is 8.36. The normalized spacial score (nSPS) is 12.4. The van der Waals surface area contributed by atoms with Crippen LogP contribution in [0.5, 0.6) is 5.75 Å². The molecule has 2 aromatic carbocycles. The van der Waals surface area contributed by atoms with Gasteiger partial charge in [0.05, 0.1) is 5.02 Å². The number of halogens is 2. The van der Waals surface area contributed by atoms with E-state index in [-0.39, 0.29) is 6.61 Å². The van der Waals surface area contributed by atoms with Gasteiger partial charge in [-0.05, 0) is 30.3 Å². The van der Waals surface area contributed by atoms with Crippen molar-refractivity contribution in [2.24, 2.45) is 0 Å². The van der Waals surface area contributed by atoms with Crippen molar-refractivity contribution in [1.82, 2.24) is 4.90 Å². The molecule has 3 nitrogen and oxygen atoms in total. The van der Waals surface area contributed by atoms with Gasteiger partial charge in [0, 0.05) is 18.1 Å². The maximum Gasteiger partial charge on any atom is 0.138 e. The number of likely N-dealkylation sites (N-methyl/N-ethyl adjacent to an activating group) is 1. The SMILES string of the molecule is CCN(Cc1ccccc1)C[C@H](O)COc1ccc(Cl)cc1Cl. The lowest BCUT2D eigenvalue weighted by Gasteiger charge is -2.24. The summed E-state index contributed by atoms with van der Waals surface area (Å²) < 4.78 is 5.58. The Balaban J connectivity index is 1.83. The van der Waals surface area contributed by atoms with E-state index in [0.29, 0.717) is 22.3 Å². The average molecular weight is 354 g/mol. The van der Waals surface area contributed by atoms with Gasteiger partial charge in [-0.15, -0.1) is 0 Å². The molecule has 0 aliphatic rings. The Labute approximate surface area is 147 Å². The predicted octanol–water partition coefficient (Wildman–Crippen LogP) is 4.26. The topological polar surface area (TPSA) is 32.7 Å². The summed E-state index contributed by atoms with van der Waals surface area (Å²) in [4.78, 5) is 2.17. The van der Waals surface area contributed by atoms with Crippen molar-refractivity contribution in [3.8, 4) is 5.75 Å². The van der Waals surface area contributed by atoms with Crippen LogP contribution in [0.25, 0.3) is 0 Å². The molecule has 0 aromatic heterocycles. The van der Waals surface area contributed by atoms with Gasteiger partial charge in [-0.3, -0.25) is 4.90 Å². The van der Waals surface area contributed by atoms with Crippen molar-refractivity contribution < 1.29 is 9.84 Å². The van der Waals surface area contributed by atoms with E-state index < -0.39 is 6.10 Å². The van der Waals surface area contributed by atoms with E-state index in [9.17, 15) is 5.11 Å². The molecule has 1 atom stereocenters. The molecular formula is C18H21Cl2NO2. The third-order valence-electron chi connectivity index (χ3n) is 3.49. The van der Waals surface area contributed by atoms with Crippen LogP contribution >= 0.6 is 23.2 Å². The summed E-state index contributed by atoms with van der Waals surface area (Å²) >= 11 is 11.9. The monoisotopic (exact) mass is 353 g/mol. The lowest BCUT2D eigenvalue weighted by atomic mass is 10.2. The minimum absolute atomic E-state index is 0.187. The molecular weight excluding hydrogens is 333 g/mol. The molecule has 0 fully saturated rings. The first kappa shape index (κ1) is 18.1. The number of nitrogens with zero attached hydrogens (tertiary/aromatic N) is 1. The Bertz CT molecular complexity index is 607. The van der Waals surface area contributed by atoms with E-state index in [2.05, 4.69) is 24.0 Å². The number of aliphatic hydroxyl groups is 1. The van der Waals surface area contributed by atoms with Crippen LogP contribution in [0.2, 0.25) is 10.0 Å². The van der Waals surface area contributed by atoms with Gasteiger partial charge in [-0.25, -0.2) is 0 Å². The first-order valence-electron chi connectivity index (χ1n) is 7.60. The number of ether oxygens (including phenoxy) is 1. The smallest absolute Gasteiger partial charge is 0.138 e. The van der Waals surface area contributed by atoms with Crippen LogP contribution in [-0.4, -0.2) is 35.8 Å². The maximum absolute atomic E-state index is 10.2. The lowest BCUT2D eigenvalue weighted by molar-refractivity contribution is 0.0675. The molecule has 0 saturated heterocycles. The van der Waals surface area contributed by atoms with Gasteiger partial charge in [0.15, 0.2) is 0 Å². The number of rotatable bonds is 8. The van der Waals surface area contributed by atoms with Crippen LogP contribution < -0.4 is 4.74 Å². The lowest BCUT2D eigenvalue weighted by Crippen LogP contribution is -2.35. The minimum atomic E-state index is -0.592. The molecule has 23 heavy (non-hydrogen) atoms. The summed E-state index contributed by atoms with van der Waals surface area (Å²) in [5, 5.41) is 11.2. The van der Waals surface area contributed by atoms with E-state index in [4.69, 9.17) is 27.9 Å². The molecule has 0 spiro atoms. The zero-order valence-electron chi connectivity index (χ0n) is 13.1. The van der Waals surface area contributed by atoms with Gasteiger partial charge < -0.3 is 9.84 Å². The van der Waals surface area contributed by atoms with Crippen molar-refractivity contribution in [3.63, 3.8) is 0 Å². The van der Waals surface area contributed by atoms with E-state index in [1.54, 1.807) is 18.2 Å². The highest BCUT2D eigenvalue weighted by molar-refractivity contribution is 6.35. The summed E-state index contributed by atoms with van der Waals surface area (Å²) in [5.74, 6) is 0.529. The van der Waals surface area contributed by atoms with Crippen LogP contribution in [0.4, 0.5) is 0 Å². The molecule has 2 rings (SSSR count). The molecule has 0 aliphatic carbocycles. The fraction of sp³-hybridized carbons (Fsp3) is 0.333. The van der Waals surface area contributed by atoms with Gasteiger partial charge in [0.2, 0.25) is 0 Å². The molecule has 0 amide bonds. The Morgan fingerprint density at radius 1 is 1.13 bits per heavy atom. The van der Waals surface area contributed by atoms with E-state index >= 15 is 0 Å². The number of hydrogen-bond donors (Lipinski definition) is 1. The zero-order valence-corrected chi connectivity index (χ0v) is 14.6. The quantitative estimate of drug-likeness (QED) is 0.769. The van der Waals surface area contributed by atoms with Gasteiger partial charge in [0.25, 0.3) is 0 Å². The summed E-state index contributed by atoms with van der Waals surface area (Å²) in [7, 11) is 0.